The van der Waals surface area contributed by atoms with E-state index in [1.807, 2.05) is 60.7 Å². The molecule has 136 valence electrons. The molecule has 0 bridgehead atoms. The summed E-state index contributed by atoms with van der Waals surface area (Å²) in [7, 11) is 0. The number of hydrazine groups is 1. The molecular weight excluding hydrogens is 350 g/mol. The van der Waals surface area contributed by atoms with Crippen molar-refractivity contribution in [3.8, 4) is 0 Å². The number of rotatable bonds is 6. The number of benzene rings is 2. The number of esters is 1. The zero-order valence-corrected chi connectivity index (χ0v) is 15.2. The first-order chi connectivity index (χ1) is 12.6. The third kappa shape index (κ3) is 5.86. The maximum absolute atomic E-state index is 12.7. The number of carbonyl (C=O) groups excluding carboxylic acids is 2. The van der Waals surface area contributed by atoms with Crippen LogP contribution in [0.4, 0.5) is 0 Å². The van der Waals surface area contributed by atoms with Gasteiger partial charge in [0.1, 0.15) is 6.54 Å². The monoisotopic (exact) mass is 371 g/mol. The van der Waals surface area contributed by atoms with Crippen LogP contribution in [0, 0.1) is 0 Å². The van der Waals surface area contributed by atoms with Crippen LogP contribution in [0.25, 0.3) is 0 Å². The van der Waals surface area contributed by atoms with Gasteiger partial charge in [-0.15, -0.1) is 0 Å². The van der Waals surface area contributed by atoms with E-state index in [9.17, 15) is 9.59 Å². The van der Waals surface area contributed by atoms with Gasteiger partial charge in [-0.3, -0.25) is 20.4 Å². The van der Waals surface area contributed by atoms with Gasteiger partial charge in [0.05, 0.1) is 12.5 Å². The van der Waals surface area contributed by atoms with Gasteiger partial charge < -0.3 is 10.1 Å². The Bertz CT molecular complexity index is 699. The number of amides is 1. The fourth-order valence-electron chi connectivity index (χ4n) is 2.39. The molecule has 26 heavy (non-hydrogen) atoms. The predicted octanol–water partition coefficient (Wildman–Crippen LogP) is 1.88. The Labute approximate surface area is 157 Å². The maximum atomic E-state index is 12.7. The van der Waals surface area contributed by atoms with Gasteiger partial charge >= 0.3 is 5.97 Å². The Morgan fingerprint density at radius 1 is 0.962 bits per heavy atom. The van der Waals surface area contributed by atoms with Gasteiger partial charge in [0.15, 0.2) is 5.11 Å². The molecule has 0 atom stereocenters. The summed E-state index contributed by atoms with van der Waals surface area (Å²) < 4.78 is 4.80. The highest BCUT2D eigenvalue weighted by atomic mass is 32.1. The minimum atomic E-state index is -0.488. The lowest BCUT2D eigenvalue weighted by molar-refractivity contribution is -0.141. The van der Waals surface area contributed by atoms with Crippen molar-refractivity contribution in [3.63, 3.8) is 0 Å². The molecule has 2 aromatic rings. The van der Waals surface area contributed by atoms with Crippen LogP contribution in [0.3, 0.4) is 0 Å². The Kier molecular flexibility index (Phi) is 7.57. The second-order valence-electron chi connectivity index (χ2n) is 5.36. The van der Waals surface area contributed by atoms with E-state index >= 15 is 0 Å². The van der Waals surface area contributed by atoms with Crippen LogP contribution in [0.15, 0.2) is 60.7 Å². The van der Waals surface area contributed by atoms with Gasteiger partial charge in [0.25, 0.3) is 0 Å². The van der Waals surface area contributed by atoms with Crippen molar-refractivity contribution < 1.29 is 14.3 Å². The van der Waals surface area contributed by atoms with Crippen LogP contribution in [-0.4, -0.2) is 30.1 Å². The van der Waals surface area contributed by atoms with Gasteiger partial charge in [-0.05, 0) is 30.3 Å². The smallest absolute Gasteiger partial charge is 0.325 e. The molecule has 0 aliphatic rings. The van der Waals surface area contributed by atoms with Crippen molar-refractivity contribution in [1.29, 1.82) is 0 Å². The fourth-order valence-corrected chi connectivity index (χ4v) is 2.51. The Hall–Kier alpha value is -2.93. The first-order valence-electron chi connectivity index (χ1n) is 8.21. The van der Waals surface area contributed by atoms with Gasteiger partial charge in [-0.2, -0.15) is 0 Å². The molecule has 0 aliphatic carbocycles. The van der Waals surface area contributed by atoms with E-state index in [1.54, 1.807) is 6.92 Å². The van der Waals surface area contributed by atoms with Crippen molar-refractivity contribution in [2.45, 2.75) is 12.8 Å². The third-order valence-electron chi connectivity index (χ3n) is 3.53. The van der Waals surface area contributed by atoms with Crippen molar-refractivity contribution in [3.05, 3.63) is 71.8 Å². The van der Waals surface area contributed by atoms with Crippen LogP contribution in [-0.2, 0) is 14.3 Å². The van der Waals surface area contributed by atoms with Crippen LogP contribution in [0.1, 0.15) is 24.0 Å². The molecule has 0 aliphatic heterocycles. The predicted molar refractivity (Wildman–Crippen MR) is 103 cm³/mol. The summed E-state index contributed by atoms with van der Waals surface area (Å²) in [4.78, 5) is 24.0. The van der Waals surface area contributed by atoms with Crippen LogP contribution >= 0.6 is 12.2 Å². The second-order valence-corrected chi connectivity index (χ2v) is 5.76. The zero-order chi connectivity index (χ0) is 18.8. The number of thiocarbonyl (C=S) groups is 1. The average molecular weight is 371 g/mol. The van der Waals surface area contributed by atoms with Gasteiger partial charge in [-0.25, -0.2) is 0 Å². The molecule has 1 amide bonds. The van der Waals surface area contributed by atoms with Crippen molar-refractivity contribution in [2.75, 3.05) is 13.2 Å². The molecular formula is C19H21N3O3S. The summed E-state index contributed by atoms with van der Waals surface area (Å²) in [5, 5.41) is 2.80. The summed E-state index contributed by atoms with van der Waals surface area (Å²) in [5.41, 5.74) is 6.93. The standard InChI is InChI=1S/C19H21N3O3S/c1-2-25-16(23)13-20-19(26)22-21-18(24)17(14-9-5-3-6-10-14)15-11-7-4-8-12-15/h3-12,17H,2,13H2,1H3,(H,21,24)(H2,20,22,26). The van der Waals surface area contributed by atoms with Crippen LogP contribution < -0.4 is 16.2 Å². The molecule has 6 nitrogen and oxygen atoms in total. The number of hydrogen-bond donors (Lipinski definition) is 3. The van der Waals surface area contributed by atoms with Gasteiger partial charge in [-0.1, -0.05) is 60.7 Å². The summed E-state index contributed by atoms with van der Waals surface area (Å²) in [5.74, 6) is -1.17. The van der Waals surface area contributed by atoms with E-state index in [1.165, 1.54) is 0 Å². The van der Waals surface area contributed by atoms with Crippen molar-refractivity contribution in [1.82, 2.24) is 16.2 Å². The highest BCUT2D eigenvalue weighted by Crippen LogP contribution is 2.24. The first-order valence-corrected chi connectivity index (χ1v) is 8.62. The highest BCUT2D eigenvalue weighted by molar-refractivity contribution is 7.80. The molecule has 0 aromatic heterocycles. The molecule has 2 aromatic carbocycles. The normalized spacial score (nSPS) is 10.1. The maximum Gasteiger partial charge on any atom is 0.325 e. The molecule has 2 rings (SSSR count). The molecule has 0 saturated heterocycles. The average Bonchev–Trinajstić information content (AvgIpc) is 2.67. The Balaban J connectivity index is 1.99. The minimum Gasteiger partial charge on any atom is -0.465 e. The van der Waals surface area contributed by atoms with Crippen LogP contribution in [0.2, 0.25) is 0 Å². The lowest BCUT2D eigenvalue weighted by Gasteiger charge is -2.19. The topological polar surface area (TPSA) is 79.5 Å². The summed E-state index contributed by atoms with van der Waals surface area (Å²) in [6.07, 6.45) is 0. The number of carbonyl (C=O) groups is 2. The van der Waals surface area contributed by atoms with E-state index in [-0.39, 0.29) is 17.6 Å². The number of nitrogens with one attached hydrogen (secondary N) is 3. The fraction of sp³-hybridized carbons (Fsp3) is 0.211. The lowest BCUT2D eigenvalue weighted by Crippen LogP contribution is -2.49. The summed E-state index contributed by atoms with van der Waals surface area (Å²) >= 11 is 5.05. The molecule has 0 unspecified atom stereocenters. The van der Waals surface area contributed by atoms with E-state index in [0.717, 1.165) is 11.1 Å². The molecule has 3 N–H and O–H groups in total. The van der Waals surface area contributed by atoms with E-state index in [4.69, 9.17) is 17.0 Å². The quantitative estimate of drug-likeness (QED) is 0.409. The SMILES string of the molecule is CCOC(=O)CNC(=S)NNC(=O)C(c1ccccc1)c1ccccc1. The second kappa shape index (κ2) is 10.1. The largest absolute Gasteiger partial charge is 0.465 e. The Morgan fingerprint density at radius 3 is 2.00 bits per heavy atom. The highest BCUT2D eigenvalue weighted by Gasteiger charge is 2.22. The Morgan fingerprint density at radius 2 is 1.50 bits per heavy atom. The van der Waals surface area contributed by atoms with E-state index in [2.05, 4.69) is 16.2 Å². The first kappa shape index (κ1) is 19.4. The molecule has 0 saturated carbocycles. The molecule has 0 fully saturated rings. The molecule has 0 radical (unpaired) electrons. The van der Waals surface area contributed by atoms with Crippen LogP contribution in [0.5, 0.6) is 0 Å². The van der Waals surface area contributed by atoms with Gasteiger partial charge in [0.2, 0.25) is 5.91 Å². The number of hydrogen-bond acceptors (Lipinski definition) is 4. The van der Waals surface area contributed by atoms with E-state index in [0.29, 0.717) is 6.61 Å². The summed E-state index contributed by atoms with van der Waals surface area (Å²) in [6.45, 7) is 1.95. The lowest BCUT2D eigenvalue weighted by atomic mass is 9.91. The van der Waals surface area contributed by atoms with Crippen molar-refractivity contribution >= 4 is 29.2 Å². The van der Waals surface area contributed by atoms with Crippen molar-refractivity contribution in [2.24, 2.45) is 0 Å². The van der Waals surface area contributed by atoms with E-state index < -0.39 is 11.9 Å². The molecule has 0 heterocycles. The number of ether oxygens (including phenoxy) is 1. The zero-order valence-electron chi connectivity index (χ0n) is 14.4. The minimum absolute atomic E-state index is 0.0731. The molecule has 0 spiro atoms. The van der Waals surface area contributed by atoms with Gasteiger partial charge in [0, 0.05) is 0 Å². The third-order valence-corrected chi connectivity index (χ3v) is 3.77. The summed E-state index contributed by atoms with van der Waals surface area (Å²) in [6, 6.07) is 18.9. The molecule has 7 heteroatoms.